The van der Waals surface area contributed by atoms with Gasteiger partial charge >= 0.3 is 0 Å². The summed E-state index contributed by atoms with van der Waals surface area (Å²) in [7, 11) is 0. The summed E-state index contributed by atoms with van der Waals surface area (Å²) < 4.78 is 0. The molecule has 0 aromatic rings. The minimum absolute atomic E-state index is 0.161. The Labute approximate surface area is 92.5 Å². The molecule has 2 unspecified atom stereocenters. The van der Waals surface area contributed by atoms with Crippen molar-refractivity contribution < 1.29 is 9.90 Å². The van der Waals surface area contributed by atoms with Crippen molar-refractivity contribution >= 4 is 5.78 Å². The lowest BCUT2D eigenvalue weighted by atomic mass is 9.96. The molecule has 1 rings (SSSR count). The van der Waals surface area contributed by atoms with Crippen LogP contribution in [0.4, 0.5) is 0 Å². The summed E-state index contributed by atoms with van der Waals surface area (Å²) >= 11 is 0. The van der Waals surface area contributed by atoms with Gasteiger partial charge in [-0.25, -0.2) is 0 Å². The maximum absolute atomic E-state index is 10.7. The van der Waals surface area contributed by atoms with Crippen LogP contribution in [0.5, 0.6) is 0 Å². The van der Waals surface area contributed by atoms with Crippen molar-refractivity contribution in [2.24, 2.45) is 5.92 Å². The first-order valence-corrected chi connectivity index (χ1v) is 5.99. The topological polar surface area (TPSA) is 40.5 Å². The lowest BCUT2D eigenvalue weighted by molar-refractivity contribution is -0.117. The SMILES string of the molecule is CC(=O)CCCCN1CCC(C)C(O)C1. The summed E-state index contributed by atoms with van der Waals surface area (Å²) in [6.45, 7) is 6.68. The number of hydrogen-bond donors (Lipinski definition) is 1. The molecule has 1 heterocycles. The number of Topliss-reactive ketones (excluding diaryl/α,β-unsaturated/α-hetero) is 1. The number of carbonyl (C=O) groups is 1. The van der Waals surface area contributed by atoms with Crippen LogP contribution in [-0.2, 0) is 4.79 Å². The number of β-amino-alcohol motifs (C(OH)–C–C–N with tert-alkyl or cyclic N) is 1. The summed E-state index contributed by atoms with van der Waals surface area (Å²) in [5.41, 5.74) is 0. The van der Waals surface area contributed by atoms with E-state index in [1.54, 1.807) is 6.92 Å². The Kier molecular flexibility index (Phi) is 5.26. The van der Waals surface area contributed by atoms with Crippen molar-refractivity contribution in [2.75, 3.05) is 19.6 Å². The summed E-state index contributed by atoms with van der Waals surface area (Å²) in [6.07, 6.45) is 3.69. The van der Waals surface area contributed by atoms with E-state index < -0.39 is 0 Å². The highest BCUT2D eigenvalue weighted by molar-refractivity contribution is 5.75. The normalized spacial score (nSPS) is 27.9. The van der Waals surface area contributed by atoms with Crippen LogP contribution in [0.2, 0.25) is 0 Å². The van der Waals surface area contributed by atoms with Crippen LogP contribution >= 0.6 is 0 Å². The predicted octanol–water partition coefficient (Wildman–Crippen LogP) is 1.45. The quantitative estimate of drug-likeness (QED) is 0.703. The second-order valence-electron chi connectivity index (χ2n) is 4.79. The monoisotopic (exact) mass is 213 g/mol. The maximum Gasteiger partial charge on any atom is 0.129 e. The van der Waals surface area contributed by atoms with Gasteiger partial charge in [0.15, 0.2) is 0 Å². The van der Waals surface area contributed by atoms with Crippen LogP contribution in [0.1, 0.15) is 39.5 Å². The standard InChI is InChI=1S/C12H23NO2/c1-10-6-8-13(9-12(10)15)7-4-3-5-11(2)14/h10,12,15H,3-9H2,1-2H3. The molecular weight excluding hydrogens is 190 g/mol. The molecule has 0 aromatic heterocycles. The average molecular weight is 213 g/mol. The van der Waals surface area contributed by atoms with Crippen LogP contribution in [0.15, 0.2) is 0 Å². The second kappa shape index (κ2) is 6.23. The van der Waals surface area contributed by atoms with Gasteiger partial charge in [0.1, 0.15) is 5.78 Å². The number of likely N-dealkylation sites (tertiary alicyclic amines) is 1. The Balaban J connectivity index is 2.09. The molecule has 0 saturated carbocycles. The molecular formula is C12H23NO2. The molecule has 3 heteroatoms. The van der Waals surface area contributed by atoms with Gasteiger partial charge in [-0.2, -0.15) is 0 Å². The first-order valence-electron chi connectivity index (χ1n) is 5.99. The van der Waals surface area contributed by atoms with Crippen molar-refractivity contribution in [2.45, 2.75) is 45.6 Å². The van der Waals surface area contributed by atoms with Gasteiger partial charge < -0.3 is 14.8 Å². The first-order chi connectivity index (χ1) is 7.09. The molecule has 0 spiro atoms. The minimum atomic E-state index is -0.161. The summed E-state index contributed by atoms with van der Waals surface area (Å²) in [5.74, 6) is 0.723. The fourth-order valence-corrected chi connectivity index (χ4v) is 2.03. The maximum atomic E-state index is 10.7. The van der Waals surface area contributed by atoms with E-state index >= 15 is 0 Å². The predicted molar refractivity (Wildman–Crippen MR) is 60.8 cm³/mol. The van der Waals surface area contributed by atoms with Crippen LogP contribution in [-0.4, -0.2) is 41.5 Å². The Morgan fingerprint density at radius 2 is 2.20 bits per heavy atom. The lowest BCUT2D eigenvalue weighted by Crippen LogP contribution is -2.43. The fourth-order valence-electron chi connectivity index (χ4n) is 2.03. The number of ketones is 1. The molecule has 15 heavy (non-hydrogen) atoms. The number of unbranched alkanes of at least 4 members (excludes halogenated alkanes) is 1. The lowest BCUT2D eigenvalue weighted by Gasteiger charge is -2.34. The number of carbonyl (C=O) groups excluding carboxylic acids is 1. The van der Waals surface area contributed by atoms with E-state index in [1.807, 2.05) is 0 Å². The van der Waals surface area contributed by atoms with Gasteiger partial charge in [-0.3, -0.25) is 0 Å². The molecule has 0 radical (unpaired) electrons. The zero-order valence-corrected chi connectivity index (χ0v) is 9.91. The molecule has 2 atom stereocenters. The van der Waals surface area contributed by atoms with E-state index in [9.17, 15) is 9.90 Å². The number of aliphatic hydroxyl groups excluding tert-OH is 1. The van der Waals surface area contributed by atoms with E-state index in [2.05, 4.69) is 11.8 Å². The Morgan fingerprint density at radius 3 is 2.80 bits per heavy atom. The molecule has 1 aliphatic heterocycles. The van der Waals surface area contributed by atoms with E-state index in [0.717, 1.165) is 38.9 Å². The largest absolute Gasteiger partial charge is 0.392 e. The second-order valence-corrected chi connectivity index (χ2v) is 4.79. The van der Waals surface area contributed by atoms with Gasteiger partial charge in [0.25, 0.3) is 0 Å². The summed E-state index contributed by atoms with van der Waals surface area (Å²) in [5, 5.41) is 9.70. The highest BCUT2D eigenvalue weighted by Gasteiger charge is 2.23. The zero-order valence-electron chi connectivity index (χ0n) is 9.91. The Hall–Kier alpha value is -0.410. The summed E-state index contributed by atoms with van der Waals surface area (Å²) in [6, 6.07) is 0. The average Bonchev–Trinajstić information content (AvgIpc) is 2.18. The molecule has 1 N–H and O–H groups in total. The number of rotatable bonds is 5. The molecule has 0 aromatic carbocycles. The minimum Gasteiger partial charge on any atom is -0.392 e. The van der Waals surface area contributed by atoms with E-state index in [0.29, 0.717) is 12.3 Å². The van der Waals surface area contributed by atoms with Crippen LogP contribution < -0.4 is 0 Å². The van der Waals surface area contributed by atoms with Gasteiger partial charge in [0.2, 0.25) is 0 Å². The third kappa shape index (κ3) is 4.76. The summed E-state index contributed by atoms with van der Waals surface area (Å²) in [4.78, 5) is 13.0. The van der Waals surface area contributed by atoms with Crippen molar-refractivity contribution in [1.29, 1.82) is 0 Å². The third-order valence-electron chi connectivity index (χ3n) is 3.26. The van der Waals surface area contributed by atoms with E-state index in [1.165, 1.54) is 0 Å². The number of piperidine rings is 1. The first kappa shape index (κ1) is 12.7. The Bertz CT molecular complexity index is 206. The van der Waals surface area contributed by atoms with Gasteiger partial charge in [-0.05, 0) is 45.2 Å². The van der Waals surface area contributed by atoms with Crippen LogP contribution in [0, 0.1) is 5.92 Å². The van der Waals surface area contributed by atoms with Crippen LogP contribution in [0.3, 0.4) is 0 Å². The van der Waals surface area contributed by atoms with E-state index in [4.69, 9.17) is 0 Å². The molecule has 1 fully saturated rings. The van der Waals surface area contributed by atoms with Crippen LogP contribution in [0.25, 0.3) is 0 Å². The molecule has 88 valence electrons. The fraction of sp³-hybridized carbons (Fsp3) is 0.917. The highest BCUT2D eigenvalue weighted by atomic mass is 16.3. The van der Waals surface area contributed by atoms with Crippen molar-refractivity contribution in [3.63, 3.8) is 0 Å². The highest BCUT2D eigenvalue weighted by Crippen LogP contribution is 2.17. The van der Waals surface area contributed by atoms with Gasteiger partial charge in [0, 0.05) is 13.0 Å². The molecule has 1 saturated heterocycles. The number of nitrogens with zero attached hydrogens (tertiary/aromatic N) is 1. The third-order valence-corrected chi connectivity index (χ3v) is 3.26. The zero-order chi connectivity index (χ0) is 11.3. The van der Waals surface area contributed by atoms with Gasteiger partial charge in [-0.15, -0.1) is 0 Å². The Morgan fingerprint density at radius 1 is 1.47 bits per heavy atom. The molecule has 0 bridgehead atoms. The molecule has 0 amide bonds. The van der Waals surface area contributed by atoms with Gasteiger partial charge in [-0.1, -0.05) is 6.92 Å². The van der Waals surface area contributed by atoms with Crippen molar-refractivity contribution in [3.05, 3.63) is 0 Å². The smallest absolute Gasteiger partial charge is 0.129 e. The van der Waals surface area contributed by atoms with E-state index in [-0.39, 0.29) is 11.9 Å². The van der Waals surface area contributed by atoms with Crippen molar-refractivity contribution in [3.8, 4) is 0 Å². The molecule has 1 aliphatic rings. The molecule has 0 aliphatic carbocycles. The molecule has 3 nitrogen and oxygen atoms in total. The van der Waals surface area contributed by atoms with Crippen molar-refractivity contribution in [1.82, 2.24) is 4.90 Å². The number of aliphatic hydroxyl groups is 1. The van der Waals surface area contributed by atoms with Gasteiger partial charge in [0.05, 0.1) is 6.10 Å². The number of hydrogen-bond acceptors (Lipinski definition) is 3.